The third-order valence-corrected chi connectivity index (χ3v) is 14.8. The summed E-state index contributed by atoms with van der Waals surface area (Å²) in [5.74, 6) is 2.58. The van der Waals surface area contributed by atoms with Gasteiger partial charge in [0.05, 0.1) is 12.6 Å². The first-order valence-corrected chi connectivity index (χ1v) is 20.3. The van der Waals surface area contributed by atoms with Crippen molar-refractivity contribution in [2.75, 3.05) is 13.1 Å². The van der Waals surface area contributed by atoms with E-state index in [1.54, 1.807) is 0 Å². The summed E-state index contributed by atoms with van der Waals surface area (Å²) in [7, 11) is 0. The van der Waals surface area contributed by atoms with Gasteiger partial charge < -0.3 is 14.7 Å². The van der Waals surface area contributed by atoms with E-state index >= 15 is 4.79 Å². The lowest BCUT2D eigenvalue weighted by molar-refractivity contribution is -0.0641. The van der Waals surface area contributed by atoms with E-state index < -0.39 is 11.7 Å². The number of ketones is 1. The third kappa shape index (κ3) is 5.86. The fraction of sp³-hybridized carbons (Fsp3) is 0.532. The highest BCUT2D eigenvalue weighted by Crippen LogP contribution is 2.64. The van der Waals surface area contributed by atoms with E-state index in [-0.39, 0.29) is 28.6 Å². The highest BCUT2D eigenvalue weighted by atomic mass is 16.6. The van der Waals surface area contributed by atoms with Crippen LogP contribution in [0.25, 0.3) is 11.1 Å². The fourth-order valence-corrected chi connectivity index (χ4v) is 12.7. The molecule has 11 rings (SSSR count). The number of hydrogen-bond donors (Lipinski definition) is 1. The molecule has 1 aliphatic heterocycles. The Morgan fingerprint density at radius 3 is 2.35 bits per heavy atom. The second-order valence-electron chi connectivity index (χ2n) is 18.3. The maximum Gasteiger partial charge on any atom is 0.410 e. The molecule has 5 saturated carbocycles. The Labute approximate surface area is 309 Å². The van der Waals surface area contributed by atoms with Crippen molar-refractivity contribution in [2.24, 2.45) is 28.6 Å². The predicted molar refractivity (Wildman–Crippen MR) is 205 cm³/mol. The molecule has 3 aromatic rings. The fourth-order valence-electron chi connectivity index (χ4n) is 12.7. The van der Waals surface area contributed by atoms with Crippen LogP contribution in [0, 0.1) is 28.6 Å². The zero-order valence-electron chi connectivity index (χ0n) is 31.1. The van der Waals surface area contributed by atoms with Crippen molar-refractivity contribution in [1.82, 2.24) is 4.90 Å². The summed E-state index contributed by atoms with van der Waals surface area (Å²) >= 11 is 0. The normalized spacial score (nSPS) is 35.4. The molecule has 6 fully saturated rings. The van der Waals surface area contributed by atoms with Gasteiger partial charge in [-0.1, -0.05) is 85.3 Å². The van der Waals surface area contributed by atoms with Crippen LogP contribution in [-0.4, -0.2) is 46.7 Å². The number of allylic oxidation sites excluding steroid dienone is 2. The van der Waals surface area contributed by atoms with Gasteiger partial charge in [-0.15, -0.1) is 0 Å². The molecule has 1 amide bonds. The first-order chi connectivity index (χ1) is 25.1. The summed E-state index contributed by atoms with van der Waals surface area (Å²) in [5.41, 5.74) is 5.99. The Kier molecular flexibility index (Phi) is 8.53. The molecule has 1 saturated heterocycles. The SMILES string of the molecule is CC1=CCC[C@@]2(C)[C@@H](CC[C@@]23CN(CC24CC5CC(CC(C5)C2)C4)C(=O)O3)c2ccc(cc2C(=O)c2ccccc2-c2ccccc2)C[C@@H](O)CC1. The molecule has 6 bridgehead atoms. The largest absolute Gasteiger partial charge is 0.440 e. The van der Waals surface area contributed by atoms with Gasteiger partial charge in [0.25, 0.3) is 0 Å². The zero-order chi connectivity index (χ0) is 35.7. The van der Waals surface area contributed by atoms with Crippen LogP contribution in [-0.2, 0) is 11.2 Å². The molecule has 0 unspecified atom stereocenters. The van der Waals surface area contributed by atoms with Crippen molar-refractivity contribution in [1.29, 1.82) is 0 Å². The minimum Gasteiger partial charge on any atom is -0.440 e. The van der Waals surface area contributed by atoms with Crippen LogP contribution in [0.15, 0.2) is 84.4 Å². The first-order valence-electron chi connectivity index (χ1n) is 20.3. The summed E-state index contributed by atoms with van der Waals surface area (Å²) in [5, 5.41) is 11.1. The quantitative estimate of drug-likeness (QED) is 0.213. The van der Waals surface area contributed by atoms with Crippen LogP contribution in [0.5, 0.6) is 0 Å². The minimum atomic E-state index is -0.604. The molecule has 0 aromatic heterocycles. The molecule has 4 atom stereocenters. The van der Waals surface area contributed by atoms with E-state index in [2.05, 4.69) is 55.2 Å². The lowest BCUT2D eigenvalue weighted by Crippen LogP contribution is -2.52. The van der Waals surface area contributed by atoms with Crippen LogP contribution in [0.1, 0.15) is 124 Å². The summed E-state index contributed by atoms with van der Waals surface area (Å²) in [6, 6.07) is 24.5. The number of fused-ring (bicyclic) bond motifs is 8. The summed E-state index contributed by atoms with van der Waals surface area (Å²) in [6.45, 7) is 6.03. The van der Waals surface area contributed by atoms with E-state index in [0.717, 1.165) is 84.2 Å². The van der Waals surface area contributed by atoms with E-state index in [1.807, 2.05) is 42.5 Å². The lowest BCUT2D eigenvalue weighted by atomic mass is 9.49. The lowest BCUT2D eigenvalue weighted by Gasteiger charge is -2.57. The van der Waals surface area contributed by atoms with Gasteiger partial charge in [-0.2, -0.15) is 0 Å². The van der Waals surface area contributed by atoms with Gasteiger partial charge in [0.1, 0.15) is 5.60 Å². The summed E-state index contributed by atoms with van der Waals surface area (Å²) in [6.07, 6.45) is 15.2. The van der Waals surface area contributed by atoms with Gasteiger partial charge in [-0.25, -0.2) is 4.79 Å². The van der Waals surface area contributed by atoms with Gasteiger partial charge in [0.2, 0.25) is 0 Å². The van der Waals surface area contributed by atoms with Crippen LogP contribution >= 0.6 is 0 Å². The van der Waals surface area contributed by atoms with Crippen LogP contribution in [0.2, 0.25) is 0 Å². The molecule has 7 aliphatic carbocycles. The van der Waals surface area contributed by atoms with Gasteiger partial charge in [0, 0.05) is 23.1 Å². The maximum atomic E-state index is 15.0. The number of benzene rings is 3. The van der Waals surface area contributed by atoms with Crippen LogP contribution < -0.4 is 0 Å². The second-order valence-corrected chi connectivity index (χ2v) is 18.3. The van der Waals surface area contributed by atoms with Crippen molar-refractivity contribution in [3.63, 3.8) is 0 Å². The Balaban J connectivity index is 1.10. The third-order valence-electron chi connectivity index (χ3n) is 14.8. The van der Waals surface area contributed by atoms with Gasteiger partial charge in [-0.05, 0) is 148 Å². The number of ether oxygens (including phenoxy) is 1. The molecule has 1 spiro atoms. The van der Waals surface area contributed by atoms with Crippen molar-refractivity contribution in [2.45, 2.75) is 115 Å². The van der Waals surface area contributed by atoms with Crippen molar-refractivity contribution < 1.29 is 19.4 Å². The average Bonchev–Trinajstić information content (AvgIpc) is 3.59. The number of rotatable bonds is 5. The predicted octanol–water partition coefficient (Wildman–Crippen LogP) is 10.3. The van der Waals surface area contributed by atoms with Crippen molar-refractivity contribution in [3.8, 4) is 11.1 Å². The van der Waals surface area contributed by atoms with Crippen LogP contribution in [0.4, 0.5) is 4.79 Å². The Morgan fingerprint density at radius 2 is 1.60 bits per heavy atom. The molecule has 5 nitrogen and oxygen atoms in total. The minimum absolute atomic E-state index is 0.0174. The van der Waals surface area contributed by atoms with Crippen molar-refractivity contribution >= 4 is 11.9 Å². The molecule has 0 radical (unpaired) electrons. The topological polar surface area (TPSA) is 66.8 Å². The number of hydrogen-bond acceptors (Lipinski definition) is 4. The Bertz CT molecular complexity index is 1860. The molecule has 1 N–H and O–H groups in total. The Morgan fingerprint density at radius 1 is 0.885 bits per heavy atom. The van der Waals surface area contributed by atoms with Crippen molar-refractivity contribution in [3.05, 3.63) is 107 Å². The highest BCUT2D eigenvalue weighted by molar-refractivity contribution is 6.13. The van der Waals surface area contributed by atoms with Crippen LogP contribution in [0.3, 0.4) is 0 Å². The molecule has 3 aromatic carbocycles. The first kappa shape index (κ1) is 34.1. The molecule has 272 valence electrons. The maximum absolute atomic E-state index is 15.0. The molecule has 5 heteroatoms. The highest BCUT2D eigenvalue weighted by Gasteiger charge is 2.65. The smallest absolute Gasteiger partial charge is 0.410 e. The summed E-state index contributed by atoms with van der Waals surface area (Å²) in [4.78, 5) is 31.2. The van der Waals surface area contributed by atoms with E-state index in [1.165, 1.54) is 44.1 Å². The number of nitrogens with zero attached hydrogens (tertiary/aromatic N) is 1. The number of amides is 1. The van der Waals surface area contributed by atoms with Gasteiger partial charge >= 0.3 is 6.09 Å². The Hall–Kier alpha value is -3.70. The van der Waals surface area contributed by atoms with E-state index in [0.29, 0.717) is 24.9 Å². The van der Waals surface area contributed by atoms with E-state index in [9.17, 15) is 9.90 Å². The number of aliphatic hydroxyl groups excluding tert-OH is 1. The van der Waals surface area contributed by atoms with E-state index in [4.69, 9.17) is 4.74 Å². The second kappa shape index (κ2) is 13.0. The number of carbonyl (C=O) groups is 2. The zero-order valence-corrected chi connectivity index (χ0v) is 31.1. The summed E-state index contributed by atoms with van der Waals surface area (Å²) < 4.78 is 6.77. The molecule has 8 aliphatic rings. The molecule has 52 heavy (non-hydrogen) atoms. The average molecular weight is 698 g/mol. The number of carbonyl (C=O) groups excluding carboxylic acids is 2. The molecular formula is C47H55NO4. The number of aliphatic hydroxyl groups is 1. The molecule has 1 heterocycles. The van der Waals surface area contributed by atoms with Gasteiger partial charge in [-0.3, -0.25) is 4.79 Å². The standard InChI is InChI=1S/C47H55NO4/c1-31-9-8-19-45(2)42(18-20-47(45)30-48(44(51)52-47)29-46-26-33-21-34(27-46)23-35(22-33)28-46)39-17-15-32(24-37(49)16-14-31)25-41(39)43(50)40-13-7-6-12-38(40)36-10-4-3-5-11-36/h3-7,9-13,15,17,25,33-35,37,42,49H,8,14,16,18-24,26-30H2,1-2H3/t33?,34?,35?,37-,42-,45-,46?,47+/m0/s1. The van der Waals surface area contributed by atoms with Gasteiger partial charge in [0.15, 0.2) is 5.78 Å². The molecular weight excluding hydrogens is 643 g/mol. The monoisotopic (exact) mass is 697 g/mol.